The van der Waals surface area contributed by atoms with E-state index < -0.39 is 11.5 Å². The highest BCUT2D eigenvalue weighted by Crippen LogP contribution is 2.33. The molecule has 0 radical (unpaired) electrons. The minimum Gasteiger partial charge on any atom is -0.421 e. The third-order valence-electron chi connectivity index (χ3n) is 6.61. The second-order valence-corrected chi connectivity index (χ2v) is 8.99. The predicted octanol–water partition coefficient (Wildman–Crippen LogP) is 4.45. The van der Waals surface area contributed by atoms with Gasteiger partial charge in [0.15, 0.2) is 5.69 Å². The van der Waals surface area contributed by atoms with Crippen LogP contribution in [0.15, 0.2) is 57.7 Å². The predicted molar refractivity (Wildman–Crippen MR) is 129 cm³/mol. The van der Waals surface area contributed by atoms with Crippen molar-refractivity contribution in [1.29, 1.82) is 0 Å². The van der Waals surface area contributed by atoms with Crippen molar-refractivity contribution in [1.82, 2.24) is 0 Å². The summed E-state index contributed by atoms with van der Waals surface area (Å²) >= 11 is 0. The summed E-state index contributed by atoms with van der Waals surface area (Å²) in [5.41, 5.74) is 2.47. The number of nitrogens with one attached hydrogen (secondary N) is 2. The van der Waals surface area contributed by atoms with Gasteiger partial charge in [-0.05, 0) is 44.0 Å². The van der Waals surface area contributed by atoms with Crippen LogP contribution >= 0.6 is 0 Å². The normalized spacial score (nSPS) is 18.8. The molecule has 1 saturated heterocycles. The SMILES string of the molecule is Cc1ccc(N2C[C@@H](C(=O)Nc3c(NC4CCCC4)c4ccccc4oc3=O)CC2=O)cc1. The lowest BCUT2D eigenvalue weighted by atomic mass is 10.1. The topological polar surface area (TPSA) is 91.7 Å². The Morgan fingerprint density at radius 1 is 1.00 bits per heavy atom. The first-order valence-electron chi connectivity index (χ1n) is 11.5. The number of carbonyl (C=O) groups is 2. The smallest absolute Gasteiger partial charge is 0.362 e. The van der Waals surface area contributed by atoms with Crippen LogP contribution in [0.25, 0.3) is 11.0 Å². The molecule has 2 aliphatic rings. The van der Waals surface area contributed by atoms with Gasteiger partial charge in [-0.15, -0.1) is 0 Å². The van der Waals surface area contributed by atoms with E-state index in [-0.39, 0.29) is 36.5 Å². The molecule has 0 unspecified atom stereocenters. The summed E-state index contributed by atoms with van der Waals surface area (Å²) < 4.78 is 5.50. The molecule has 1 aromatic heterocycles. The number of fused-ring (bicyclic) bond motifs is 1. The molecule has 2 aromatic carbocycles. The van der Waals surface area contributed by atoms with Crippen LogP contribution in [0.3, 0.4) is 0 Å². The highest BCUT2D eigenvalue weighted by molar-refractivity contribution is 6.06. The summed E-state index contributed by atoms with van der Waals surface area (Å²) in [4.78, 5) is 40.3. The summed E-state index contributed by atoms with van der Waals surface area (Å²) in [5.74, 6) is -1.01. The van der Waals surface area contributed by atoms with Gasteiger partial charge in [0.05, 0.1) is 11.6 Å². The van der Waals surface area contributed by atoms with Gasteiger partial charge >= 0.3 is 5.63 Å². The van der Waals surface area contributed by atoms with E-state index in [2.05, 4.69) is 10.6 Å². The number of amides is 2. The van der Waals surface area contributed by atoms with Crippen molar-refractivity contribution in [3.8, 4) is 0 Å². The van der Waals surface area contributed by atoms with Crippen molar-refractivity contribution < 1.29 is 14.0 Å². The van der Waals surface area contributed by atoms with E-state index in [0.717, 1.165) is 42.3 Å². The zero-order valence-corrected chi connectivity index (χ0v) is 18.6. The third kappa shape index (κ3) is 4.23. The van der Waals surface area contributed by atoms with Crippen LogP contribution in [-0.2, 0) is 9.59 Å². The zero-order valence-electron chi connectivity index (χ0n) is 18.6. The number of nitrogens with zero attached hydrogens (tertiary/aromatic N) is 1. The number of rotatable bonds is 5. The Bertz CT molecular complexity index is 1260. The van der Waals surface area contributed by atoms with E-state index in [1.54, 1.807) is 11.0 Å². The van der Waals surface area contributed by atoms with Gasteiger partial charge in [0.1, 0.15) is 5.58 Å². The van der Waals surface area contributed by atoms with E-state index in [9.17, 15) is 14.4 Å². The van der Waals surface area contributed by atoms with Gasteiger partial charge in [0.2, 0.25) is 11.8 Å². The highest BCUT2D eigenvalue weighted by Gasteiger charge is 2.36. The average Bonchev–Trinajstić information content (AvgIpc) is 3.46. The molecule has 2 fully saturated rings. The number of anilines is 3. The molecular weight excluding hydrogens is 418 g/mol. The van der Waals surface area contributed by atoms with Gasteiger partial charge in [-0.1, -0.05) is 42.7 Å². The van der Waals surface area contributed by atoms with E-state index in [4.69, 9.17) is 4.42 Å². The van der Waals surface area contributed by atoms with Crippen molar-refractivity contribution in [3.05, 3.63) is 64.5 Å². The largest absolute Gasteiger partial charge is 0.421 e. The lowest BCUT2D eigenvalue weighted by molar-refractivity contribution is -0.122. The van der Waals surface area contributed by atoms with Crippen LogP contribution in [0.2, 0.25) is 0 Å². The quantitative estimate of drug-likeness (QED) is 0.566. The van der Waals surface area contributed by atoms with Gasteiger partial charge in [-0.3, -0.25) is 9.59 Å². The number of para-hydroxylation sites is 1. The van der Waals surface area contributed by atoms with Gasteiger partial charge in [0.25, 0.3) is 0 Å². The molecule has 1 aliphatic carbocycles. The summed E-state index contributed by atoms with van der Waals surface area (Å²) in [6, 6.07) is 15.2. The third-order valence-corrected chi connectivity index (χ3v) is 6.61. The first kappa shape index (κ1) is 21.2. The molecular formula is C26H27N3O4. The molecule has 7 nitrogen and oxygen atoms in total. The fraction of sp³-hybridized carbons (Fsp3) is 0.346. The van der Waals surface area contributed by atoms with Crippen LogP contribution in [0, 0.1) is 12.8 Å². The first-order chi connectivity index (χ1) is 16.0. The second kappa shape index (κ2) is 8.73. The van der Waals surface area contributed by atoms with E-state index >= 15 is 0 Å². The average molecular weight is 446 g/mol. The molecule has 170 valence electrons. The summed E-state index contributed by atoms with van der Waals surface area (Å²) in [6.45, 7) is 2.26. The molecule has 0 bridgehead atoms. The van der Waals surface area contributed by atoms with Crippen LogP contribution in [0.1, 0.15) is 37.7 Å². The standard InChI is InChI=1S/C26H27N3O4/c1-16-10-12-19(13-11-16)29-15-17(14-22(29)30)25(31)28-24-23(27-18-6-2-3-7-18)20-8-4-5-9-21(20)33-26(24)32/h4-5,8-13,17-18,27H,2-3,6-7,14-15H2,1H3,(H,28,31)/t17-/m0/s1. The molecule has 1 saturated carbocycles. The molecule has 5 rings (SSSR count). The molecule has 1 atom stereocenters. The van der Waals surface area contributed by atoms with Crippen molar-refractivity contribution in [2.45, 2.75) is 45.1 Å². The molecule has 0 spiro atoms. The zero-order chi connectivity index (χ0) is 22.9. The number of benzene rings is 2. The molecule has 3 aromatic rings. The summed E-state index contributed by atoms with van der Waals surface area (Å²) in [6.07, 6.45) is 4.41. The van der Waals surface area contributed by atoms with Crippen molar-refractivity contribution >= 4 is 39.8 Å². The van der Waals surface area contributed by atoms with Crippen LogP contribution < -0.4 is 21.2 Å². The van der Waals surface area contributed by atoms with E-state index in [1.165, 1.54) is 0 Å². The Balaban J connectivity index is 1.42. The molecule has 7 heteroatoms. The lowest BCUT2D eigenvalue weighted by Crippen LogP contribution is -2.30. The molecule has 2 N–H and O–H groups in total. The van der Waals surface area contributed by atoms with E-state index in [0.29, 0.717) is 11.3 Å². The maximum Gasteiger partial charge on any atom is 0.362 e. The Morgan fingerprint density at radius 2 is 1.73 bits per heavy atom. The Hall–Kier alpha value is -3.61. The second-order valence-electron chi connectivity index (χ2n) is 8.99. The molecule has 33 heavy (non-hydrogen) atoms. The fourth-order valence-electron chi connectivity index (χ4n) is 4.77. The monoisotopic (exact) mass is 445 g/mol. The van der Waals surface area contributed by atoms with Crippen molar-refractivity contribution in [2.75, 3.05) is 22.1 Å². The lowest BCUT2D eigenvalue weighted by Gasteiger charge is -2.20. The fourth-order valence-corrected chi connectivity index (χ4v) is 4.77. The summed E-state index contributed by atoms with van der Waals surface area (Å²) in [5, 5.41) is 7.04. The molecule has 1 aliphatic heterocycles. The van der Waals surface area contributed by atoms with Gasteiger partial charge in [-0.2, -0.15) is 0 Å². The van der Waals surface area contributed by atoms with Crippen LogP contribution in [-0.4, -0.2) is 24.4 Å². The number of carbonyl (C=O) groups excluding carboxylic acids is 2. The number of hydrogen-bond acceptors (Lipinski definition) is 5. The minimum atomic E-state index is -0.595. The van der Waals surface area contributed by atoms with Crippen molar-refractivity contribution in [3.63, 3.8) is 0 Å². The van der Waals surface area contributed by atoms with Gasteiger partial charge in [0, 0.05) is 30.1 Å². The maximum atomic E-state index is 13.2. The minimum absolute atomic E-state index is 0.101. The Labute approximate surface area is 191 Å². The number of hydrogen-bond donors (Lipinski definition) is 2. The Kier molecular flexibility index (Phi) is 5.62. The molecule has 2 amide bonds. The summed E-state index contributed by atoms with van der Waals surface area (Å²) in [7, 11) is 0. The maximum absolute atomic E-state index is 13.2. The van der Waals surface area contributed by atoms with E-state index in [1.807, 2.05) is 49.4 Å². The van der Waals surface area contributed by atoms with Crippen LogP contribution in [0.5, 0.6) is 0 Å². The highest BCUT2D eigenvalue weighted by atomic mass is 16.4. The van der Waals surface area contributed by atoms with Crippen LogP contribution in [0.4, 0.5) is 17.1 Å². The molecule has 2 heterocycles. The number of aryl methyl sites for hydroxylation is 1. The van der Waals surface area contributed by atoms with Crippen molar-refractivity contribution in [2.24, 2.45) is 5.92 Å². The Morgan fingerprint density at radius 3 is 2.48 bits per heavy atom. The van der Waals surface area contributed by atoms with Gasteiger partial charge < -0.3 is 20.0 Å². The van der Waals surface area contributed by atoms with Gasteiger partial charge in [-0.25, -0.2) is 4.79 Å². The first-order valence-corrected chi connectivity index (χ1v) is 11.5.